The minimum atomic E-state index is -4.39. The molecule has 2 N–H and O–H groups in total. The van der Waals surface area contributed by atoms with Gasteiger partial charge in [-0.15, -0.1) is 45.5 Å². The van der Waals surface area contributed by atoms with Crippen LogP contribution >= 0.6 is 35.3 Å². The molecule has 0 amide bonds. The van der Waals surface area contributed by atoms with Gasteiger partial charge in [-0.1, -0.05) is 6.42 Å². The number of guanidine groups is 1. The van der Waals surface area contributed by atoms with Crippen molar-refractivity contribution in [1.29, 1.82) is 0 Å². The monoisotopic (exact) mass is 557 g/mol. The molecule has 3 rings (SSSR count). The fraction of sp³-hybridized carbons (Fsp3) is 0.667. The molecule has 1 aliphatic rings. The van der Waals surface area contributed by atoms with Crippen LogP contribution in [-0.2, 0) is 32.0 Å². The Kier molecular flexibility index (Phi) is 9.78. The third-order valence-electron chi connectivity index (χ3n) is 4.75. The summed E-state index contributed by atoms with van der Waals surface area (Å²) < 4.78 is 40.0. The fourth-order valence-electron chi connectivity index (χ4n) is 3.25. The Morgan fingerprint density at radius 3 is 2.70 bits per heavy atom. The summed E-state index contributed by atoms with van der Waals surface area (Å²) in [5.74, 6) is 2.76. The Labute approximate surface area is 195 Å². The molecule has 0 saturated heterocycles. The Hall–Kier alpha value is -1.44. The van der Waals surface area contributed by atoms with Gasteiger partial charge in [-0.2, -0.15) is 13.2 Å². The highest BCUT2D eigenvalue weighted by Gasteiger charge is 2.33. The van der Waals surface area contributed by atoms with E-state index in [1.165, 1.54) is 19.3 Å². The number of fused-ring (bicyclic) bond motifs is 1. The normalized spacial score (nSPS) is 14.6. The summed E-state index contributed by atoms with van der Waals surface area (Å²) >= 11 is 1.02. The van der Waals surface area contributed by atoms with E-state index in [9.17, 15) is 13.2 Å². The van der Waals surface area contributed by atoms with Gasteiger partial charge in [0, 0.05) is 51.3 Å². The standard InChI is InChI=1S/C18H26F3N7S.HI/c1-22-17(24-10-8-16-25-13(12-29-16)18(19,20)21)23-9-5-7-15-27-26-14-6-3-2-4-11-28(14)15;/h12H,2-11H2,1H3,(H2,22,23,24);1H. The minimum absolute atomic E-state index is 0. The van der Waals surface area contributed by atoms with Crippen molar-refractivity contribution in [2.24, 2.45) is 4.99 Å². The maximum absolute atomic E-state index is 12.6. The van der Waals surface area contributed by atoms with Gasteiger partial charge in [-0.25, -0.2) is 4.98 Å². The molecular weight excluding hydrogens is 530 g/mol. The molecule has 0 spiro atoms. The Balaban J connectivity index is 0.00000320. The molecule has 0 bridgehead atoms. The molecule has 0 atom stereocenters. The number of rotatable bonds is 7. The van der Waals surface area contributed by atoms with Gasteiger partial charge in [0.2, 0.25) is 0 Å². The fourth-order valence-corrected chi connectivity index (χ4v) is 4.05. The number of nitrogens with one attached hydrogen (secondary N) is 2. The molecule has 3 heterocycles. The minimum Gasteiger partial charge on any atom is -0.356 e. The van der Waals surface area contributed by atoms with Crippen molar-refractivity contribution in [2.45, 2.75) is 57.7 Å². The smallest absolute Gasteiger partial charge is 0.356 e. The van der Waals surface area contributed by atoms with Gasteiger partial charge in [-0.3, -0.25) is 4.99 Å². The van der Waals surface area contributed by atoms with Crippen LogP contribution in [0.4, 0.5) is 13.2 Å². The lowest BCUT2D eigenvalue weighted by Gasteiger charge is -2.11. The lowest BCUT2D eigenvalue weighted by molar-refractivity contribution is -0.140. The lowest BCUT2D eigenvalue weighted by Crippen LogP contribution is -2.38. The van der Waals surface area contributed by atoms with E-state index in [2.05, 4.69) is 35.4 Å². The average Bonchev–Trinajstić information content (AvgIpc) is 3.25. The number of halogens is 4. The maximum atomic E-state index is 12.6. The first-order valence-corrected chi connectivity index (χ1v) is 10.7. The van der Waals surface area contributed by atoms with E-state index < -0.39 is 11.9 Å². The molecule has 0 saturated carbocycles. The third kappa shape index (κ3) is 7.06. The second-order valence-electron chi connectivity index (χ2n) is 6.90. The van der Waals surface area contributed by atoms with Crippen molar-refractivity contribution in [3.63, 3.8) is 0 Å². The summed E-state index contributed by atoms with van der Waals surface area (Å²) in [4.78, 5) is 7.77. The van der Waals surface area contributed by atoms with Crippen LogP contribution in [0.3, 0.4) is 0 Å². The van der Waals surface area contributed by atoms with Crippen LogP contribution in [0.1, 0.15) is 48.0 Å². The molecule has 2 aromatic rings. The molecule has 12 heteroatoms. The van der Waals surface area contributed by atoms with Crippen LogP contribution in [0.2, 0.25) is 0 Å². The van der Waals surface area contributed by atoms with Gasteiger partial charge >= 0.3 is 6.18 Å². The van der Waals surface area contributed by atoms with Crippen LogP contribution in [0.25, 0.3) is 0 Å². The highest BCUT2D eigenvalue weighted by atomic mass is 127. The number of aryl methyl sites for hydroxylation is 2. The average molecular weight is 557 g/mol. The molecule has 0 fully saturated rings. The predicted molar refractivity (Wildman–Crippen MR) is 121 cm³/mol. The van der Waals surface area contributed by atoms with Crippen molar-refractivity contribution >= 4 is 41.3 Å². The number of hydrogen-bond donors (Lipinski definition) is 2. The highest BCUT2D eigenvalue weighted by Crippen LogP contribution is 2.30. The van der Waals surface area contributed by atoms with Crippen LogP contribution in [0.15, 0.2) is 10.4 Å². The van der Waals surface area contributed by atoms with Crippen molar-refractivity contribution in [3.05, 3.63) is 27.7 Å². The van der Waals surface area contributed by atoms with E-state index in [1.807, 2.05) is 0 Å². The molecule has 0 aliphatic carbocycles. The van der Waals surface area contributed by atoms with Crippen LogP contribution in [-0.4, -0.2) is 45.8 Å². The summed E-state index contributed by atoms with van der Waals surface area (Å²) in [5.41, 5.74) is -0.827. The van der Waals surface area contributed by atoms with Gasteiger partial charge < -0.3 is 15.2 Å². The molecule has 168 valence electrons. The van der Waals surface area contributed by atoms with Gasteiger partial charge in [-0.05, 0) is 19.3 Å². The summed E-state index contributed by atoms with van der Waals surface area (Å²) in [6.07, 6.45) is 2.36. The summed E-state index contributed by atoms with van der Waals surface area (Å²) in [7, 11) is 1.67. The Bertz CT molecular complexity index is 819. The van der Waals surface area contributed by atoms with Crippen molar-refractivity contribution in [3.8, 4) is 0 Å². The number of aliphatic imine (C=N–C) groups is 1. The SMILES string of the molecule is CN=C(NCCCc1nnc2n1CCCCC2)NCCc1nc(C(F)(F)F)cs1.I. The first-order chi connectivity index (χ1) is 14.0. The number of aromatic nitrogens is 4. The topological polar surface area (TPSA) is 80.0 Å². The molecule has 0 aromatic carbocycles. The number of nitrogens with zero attached hydrogens (tertiary/aromatic N) is 5. The third-order valence-corrected chi connectivity index (χ3v) is 5.66. The first kappa shape index (κ1) is 24.8. The summed E-state index contributed by atoms with van der Waals surface area (Å²) in [5, 5.41) is 16.5. The molecular formula is C18H27F3IN7S. The lowest BCUT2D eigenvalue weighted by atomic mass is 10.2. The number of thiazole rings is 1. The van der Waals surface area contributed by atoms with E-state index in [4.69, 9.17) is 0 Å². The summed E-state index contributed by atoms with van der Waals surface area (Å²) in [6, 6.07) is 0. The van der Waals surface area contributed by atoms with E-state index in [1.54, 1.807) is 7.05 Å². The molecule has 30 heavy (non-hydrogen) atoms. The summed E-state index contributed by atoms with van der Waals surface area (Å²) in [6.45, 7) is 2.18. The quantitative estimate of drug-likeness (QED) is 0.236. The van der Waals surface area contributed by atoms with E-state index >= 15 is 0 Å². The van der Waals surface area contributed by atoms with Crippen LogP contribution in [0, 0.1) is 0 Å². The molecule has 0 unspecified atom stereocenters. The van der Waals surface area contributed by atoms with Gasteiger partial charge in [0.25, 0.3) is 0 Å². The van der Waals surface area contributed by atoms with Crippen molar-refractivity contribution in [2.75, 3.05) is 20.1 Å². The van der Waals surface area contributed by atoms with Crippen LogP contribution in [0.5, 0.6) is 0 Å². The molecule has 0 radical (unpaired) electrons. The highest BCUT2D eigenvalue weighted by molar-refractivity contribution is 14.0. The Morgan fingerprint density at radius 2 is 1.97 bits per heavy atom. The van der Waals surface area contributed by atoms with E-state index in [-0.39, 0.29) is 24.0 Å². The van der Waals surface area contributed by atoms with Crippen molar-refractivity contribution in [1.82, 2.24) is 30.4 Å². The van der Waals surface area contributed by atoms with E-state index in [0.717, 1.165) is 60.7 Å². The molecule has 2 aromatic heterocycles. The van der Waals surface area contributed by atoms with Crippen molar-refractivity contribution < 1.29 is 13.2 Å². The largest absolute Gasteiger partial charge is 0.434 e. The molecule has 1 aliphatic heterocycles. The van der Waals surface area contributed by atoms with Gasteiger partial charge in [0.15, 0.2) is 11.7 Å². The predicted octanol–water partition coefficient (Wildman–Crippen LogP) is 3.44. The number of alkyl halides is 3. The second-order valence-corrected chi connectivity index (χ2v) is 7.84. The zero-order valence-electron chi connectivity index (χ0n) is 16.8. The maximum Gasteiger partial charge on any atom is 0.434 e. The zero-order chi connectivity index (χ0) is 20.7. The van der Waals surface area contributed by atoms with Gasteiger partial charge in [0.05, 0.1) is 5.01 Å². The second kappa shape index (κ2) is 11.8. The van der Waals surface area contributed by atoms with E-state index in [0.29, 0.717) is 23.9 Å². The zero-order valence-corrected chi connectivity index (χ0v) is 20.0. The Morgan fingerprint density at radius 1 is 1.17 bits per heavy atom. The van der Waals surface area contributed by atoms with Gasteiger partial charge in [0.1, 0.15) is 11.6 Å². The van der Waals surface area contributed by atoms with Crippen LogP contribution < -0.4 is 10.6 Å². The molecule has 7 nitrogen and oxygen atoms in total. The number of hydrogen-bond acceptors (Lipinski definition) is 5. The first-order valence-electron chi connectivity index (χ1n) is 9.84.